The number of nitrogens with two attached hydrogens (primary N) is 1. The van der Waals surface area contributed by atoms with E-state index in [0.717, 1.165) is 6.07 Å². The van der Waals surface area contributed by atoms with Crippen molar-refractivity contribution in [2.45, 2.75) is 18.1 Å². The molecule has 0 bridgehead atoms. The molecule has 1 heterocycles. The Hall–Kier alpha value is -2.32. The molecule has 1 saturated carbocycles. The van der Waals surface area contributed by atoms with Crippen LogP contribution in [-0.4, -0.2) is 23.7 Å². The lowest BCUT2D eigenvalue weighted by Crippen LogP contribution is -2.40. The molecule has 0 radical (unpaired) electrons. The van der Waals surface area contributed by atoms with Crippen molar-refractivity contribution in [2.24, 2.45) is 16.6 Å². The van der Waals surface area contributed by atoms with E-state index in [1.807, 2.05) is 0 Å². The Bertz CT molecular complexity index is 667. The number of fused-ring (bicyclic) bond motifs is 1. The number of rotatable bonds is 3. The summed E-state index contributed by atoms with van der Waals surface area (Å²) in [4.78, 5) is 13.5. The van der Waals surface area contributed by atoms with Gasteiger partial charge in [-0.25, -0.2) is 13.8 Å². The quantitative estimate of drug-likeness (QED) is 0.680. The molecule has 1 aliphatic heterocycles. The number of nitro groups is 1. The van der Waals surface area contributed by atoms with Gasteiger partial charge in [-0.2, -0.15) is 4.39 Å². The highest BCUT2D eigenvalue weighted by molar-refractivity contribution is 5.74. The first-order valence-corrected chi connectivity index (χ1v) is 6.11. The average molecular weight is 301 g/mol. The molecular weight excluding hydrogens is 291 g/mol. The van der Waals surface area contributed by atoms with Crippen LogP contribution in [-0.2, 0) is 10.3 Å². The summed E-state index contributed by atoms with van der Waals surface area (Å²) in [6.07, 6.45) is -0.147. The van der Waals surface area contributed by atoms with Crippen LogP contribution in [0.5, 0.6) is 0 Å². The van der Waals surface area contributed by atoms with Crippen LogP contribution in [0.2, 0.25) is 0 Å². The largest absolute Gasteiger partial charge is 0.462 e. The SMILES string of the molecule is NC1=N[C@](CF)(c2c(F)ccc([N+](=O)[O-])c2F)C2C[C@H]2O1. The van der Waals surface area contributed by atoms with E-state index in [0.29, 0.717) is 12.5 Å². The monoisotopic (exact) mass is 301 g/mol. The van der Waals surface area contributed by atoms with E-state index >= 15 is 0 Å². The number of nitrogens with zero attached hydrogens (tertiary/aromatic N) is 2. The average Bonchev–Trinajstić information content (AvgIpc) is 3.17. The van der Waals surface area contributed by atoms with Crippen LogP contribution in [0.3, 0.4) is 0 Å². The van der Waals surface area contributed by atoms with Crippen molar-refractivity contribution in [1.82, 2.24) is 0 Å². The summed E-state index contributed by atoms with van der Waals surface area (Å²) in [7, 11) is 0. The molecular formula is C12H10F3N3O3. The minimum atomic E-state index is -1.91. The van der Waals surface area contributed by atoms with Crippen molar-refractivity contribution in [1.29, 1.82) is 0 Å². The van der Waals surface area contributed by atoms with Crippen LogP contribution in [0.4, 0.5) is 18.9 Å². The molecule has 1 aromatic rings. The van der Waals surface area contributed by atoms with Crippen molar-refractivity contribution in [3.05, 3.63) is 39.4 Å². The summed E-state index contributed by atoms with van der Waals surface area (Å²) in [5.74, 6) is -3.12. The number of amidine groups is 1. The van der Waals surface area contributed by atoms with Gasteiger partial charge in [-0.15, -0.1) is 0 Å². The van der Waals surface area contributed by atoms with Crippen molar-refractivity contribution < 1.29 is 22.8 Å². The summed E-state index contributed by atoms with van der Waals surface area (Å²) in [5.41, 5.74) is 1.81. The summed E-state index contributed by atoms with van der Waals surface area (Å²) in [5, 5.41) is 10.8. The second-order valence-corrected chi connectivity index (χ2v) is 5.02. The van der Waals surface area contributed by atoms with Crippen molar-refractivity contribution >= 4 is 11.7 Å². The molecule has 0 spiro atoms. The van der Waals surface area contributed by atoms with Crippen molar-refractivity contribution in [3.8, 4) is 0 Å². The first-order chi connectivity index (χ1) is 9.90. The molecule has 1 fully saturated rings. The third kappa shape index (κ3) is 1.83. The number of halogens is 3. The normalized spacial score (nSPS) is 30.1. The molecule has 21 heavy (non-hydrogen) atoms. The first-order valence-electron chi connectivity index (χ1n) is 6.11. The molecule has 0 aromatic heterocycles. The van der Waals surface area contributed by atoms with E-state index < -0.39 is 52.0 Å². The van der Waals surface area contributed by atoms with Gasteiger partial charge in [0.2, 0.25) is 5.82 Å². The van der Waals surface area contributed by atoms with Crippen LogP contribution in [0.15, 0.2) is 17.1 Å². The summed E-state index contributed by atoms with van der Waals surface area (Å²) < 4.78 is 47.1. The molecule has 1 unspecified atom stereocenters. The fraction of sp³-hybridized carbons (Fsp3) is 0.417. The van der Waals surface area contributed by atoms with Crippen LogP contribution in [0.1, 0.15) is 12.0 Å². The van der Waals surface area contributed by atoms with Gasteiger partial charge in [0.15, 0.2) is 0 Å². The molecule has 0 amide bonds. The Kier molecular flexibility index (Phi) is 2.82. The standard InChI is InChI=1S/C12H10F3N3O3/c13-4-12(5-3-8(5)21-11(16)17-12)9-6(14)1-2-7(10(9)15)18(19)20/h1-2,5,8H,3-4H2,(H2,16,17)/t5?,8-,12+/m1/s1. The van der Waals surface area contributed by atoms with Gasteiger partial charge in [0.25, 0.3) is 6.02 Å². The Morgan fingerprint density at radius 1 is 1.52 bits per heavy atom. The molecule has 9 heteroatoms. The Labute approximate surface area is 116 Å². The fourth-order valence-corrected chi connectivity index (χ4v) is 2.78. The zero-order chi connectivity index (χ0) is 15.4. The number of hydrogen-bond acceptors (Lipinski definition) is 5. The lowest BCUT2D eigenvalue weighted by atomic mass is 9.85. The van der Waals surface area contributed by atoms with Crippen molar-refractivity contribution in [2.75, 3.05) is 6.67 Å². The van der Waals surface area contributed by atoms with E-state index in [9.17, 15) is 23.3 Å². The summed E-state index contributed by atoms with van der Waals surface area (Å²) >= 11 is 0. The van der Waals surface area contributed by atoms with Crippen LogP contribution < -0.4 is 5.73 Å². The predicted octanol–water partition coefficient (Wildman–Crippen LogP) is 1.77. The van der Waals surface area contributed by atoms with Gasteiger partial charge in [-0.1, -0.05) is 0 Å². The molecule has 0 saturated heterocycles. The molecule has 6 nitrogen and oxygen atoms in total. The molecule has 112 valence electrons. The lowest BCUT2D eigenvalue weighted by molar-refractivity contribution is -0.387. The van der Waals surface area contributed by atoms with E-state index in [-0.39, 0.29) is 6.02 Å². The molecule has 1 aromatic carbocycles. The predicted molar refractivity (Wildman–Crippen MR) is 65.3 cm³/mol. The summed E-state index contributed by atoms with van der Waals surface area (Å²) in [6, 6.07) is 1.04. The van der Waals surface area contributed by atoms with E-state index in [1.165, 1.54) is 0 Å². The molecule has 3 atom stereocenters. The third-order valence-corrected chi connectivity index (χ3v) is 3.83. The highest BCUT2D eigenvalue weighted by atomic mass is 19.1. The minimum absolute atomic E-state index is 0.329. The molecule has 2 N–H and O–H groups in total. The Balaban J connectivity index is 2.25. The van der Waals surface area contributed by atoms with Crippen LogP contribution in [0.25, 0.3) is 0 Å². The maximum absolute atomic E-state index is 14.3. The highest BCUT2D eigenvalue weighted by Gasteiger charge is 2.61. The second-order valence-electron chi connectivity index (χ2n) is 5.02. The van der Waals surface area contributed by atoms with Crippen molar-refractivity contribution in [3.63, 3.8) is 0 Å². The van der Waals surface area contributed by atoms with Gasteiger partial charge in [-0.3, -0.25) is 10.1 Å². The maximum atomic E-state index is 14.3. The van der Waals surface area contributed by atoms with E-state index in [2.05, 4.69) is 4.99 Å². The lowest BCUT2D eigenvalue weighted by Gasteiger charge is -2.31. The number of aliphatic imine (C=N–C) groups is 1. The van der Waals surface area contributed by atoms with Gasteiger partial charge in [0, 0.05) is 12.0 Å². The number of alkyl halides is 1. The Morgan fingerprint density at radius 2 is 2.24 bits per heavy atom. The van der Waals surface area contributed by atoms with Crippen LogP contribution >= 0.6 is 0 Å². The molecule has 3 rings (SSSR count). The van der Waals surface area contributed by atoms with E-state index in [1.54, 1.807) is 0 Å². The van der Waals surface area contributed by atoms with Gasteiger partial charge < -0.3 is 10.5 Å². The third-order valence-electron chi connectivity index (χ3n) is 3.83. The second kappa shape index (κ2) is 4.34. The number of hydrogen-bond donors (Lipinski definition) is 1. The van der Waals surface area contributed by atoms with Gasteiger partial charge in [-0.05, 0) is 12.5 Å². The number of benzene rings is 1. The highest BCUT2D eigenvalue weighted by Crippen LogP contribution is 2.54. The maximum Gasteiger partial charge on any atom is 0.305 e. The van der Waals surface area contributed by atoms with Crippen LogP contribution in [0, 0.1) is 27.7 Å². The smallest absolute Gasteiger partial charge is 0.305 e. The van der Waals surface area contributed by atoms with Gasteiger partial charge in [0.05, 0.1) is 10.5 Å². The van der Waals surface area contributed by atoms with Gasteiger partial charge in [0.1, 0.15) is 24.1 Å². The topological polar surface area (TPSA) is 90.8 Å². The van der Waals surface area contributed by atoms with Gasteiger partial charge >= 0.3 is 5.69 Å². The fourth-order valence-electron chi connectivity index (χ4n) is 2.78. The first kappa shape index (κ1) is 13.7. The number of nitro benzene ring substituents is 1. The van der Waals surface area contributed by atoms with E-state index in [4.69, 9.17) is 10.5 Å². The zero-order valence-electron chi connectivity index (χ0n) is 10.6. The Morgan fingerprint density at radius 3 is 2.86 bits per heavy atom. The molecule has 2 aliphatic rings. The zero-order valence-corrected chi connectivity index (χ0v) is 10.6. The summed E-state index contributed by atoms with van der Waals surface area (Å²) in [6.45, 7) is -1.23. The molecule has 1 aliphatic carbocycles. The number of ether oxygens (including phenoxy) is 1. The minimum Gasteiger partial charge on any atom is -0.462 e.